The number of hydrogen-bond acceptors (Lipinski definition) is 4. The molecule has 0 N–H and O–H groups in total. The minimum atomic E-state index is -0.235. The fourth-order valence-electron chi connectivity index (χ4n) is 3.70. The molecule has 5 nitrogen and oxygen atoms in total. The van der Waals surface area contributed by atoms with Gasteiger partial charge in [0.1, 0.15) is 11.6 Å². The molecule has 4 rings (SSSR count). The summed E-state index contributed by atoms with van der Waals surface area (Å²) in [6.07, 6.45) is 0. The molecular weight excluding hydrogens is 407 g/mol. The normalized spacial score (nSPS) is 14.2. The van der Waals surface area contributed by atoms with Crippen LogP contribution >= 0.6 is 0 Å². The van der Waals surface area contributed by atoms with E-state index in [9.17, 15) is 14.0 Å². The largest absolute Gasteiger partial charge is 0.484 e. The summed E-state index contributed by atoms with van der Waals surface area (Å²) in [4.78, 5) is 29.0. The summed E-state index contributed by atoms with van der Waals surface area (Å²) < 4.78 is 18.7. The summed E-state index contributed by atoms with van der Waals surface area (Å²) in [7, 11) is 0. The Labute approximate surface area is 187 Å². The lowest BCUT2D eigenvalue weighted by atomic mass is 10.0. The maximum Gasteiger partial charge on any atom is 0.260 e. The fourth-order valence-corrected chi connectivity index (χ4v) is 3.70. The van der Waals surface area contributed by atoms with E-state index < -0.39 is 0 Å². The first-order valence-corrected chi connectivity index (χ1v) is 10.7. The number of hydrogen-bond donors (Lipinski definition) is 0. The molecule has 1 aliphatic heterocycles. The van der Waals surface area contributed by atoms with Crippen molar-refractivity contribution < 1.29 is 18.7 Å². The molecule has 1 fully saturated rings. The van der Waals surface area contributed by atoms with Crippen molar-refractivity contribution in [1.82, 2.24) is 9.80 Å². The summed E-state index contributed by atoms with van der Waals surface area (Å²) >= 11 is 0. The van der Waals surface area contributed by atoms with Crippen LogP contribution in [0.15, 0.2) is 78.9 Å². The number of ether oxygens (including phenoxy) is 1. The van der Waals surface area contributed by atoms with Gasteiger partial charge >= 0.3 is 0 Å². The summed E-state index contributed by atoms with van der Waals surface area (Å²) in [5.74, 6) is 0.210. The van der Waals surface area contributed by atoms with E-state index in [2.05, 4.69) is 4.90 Å². The minimum absolute atomic E-state index is 0.0378. The highest BCUT2D eigenvalue weighted by Gasteiger charge is 2.21. The highest BCUT2D eigenvalue weighted by atomic mass is 19.1. The van der Waals surface area contributed by atoms with Gasteiger partial charge in [0.15, 0.2) is 12.4 Å². The Morgan fingerprint density at radius 3 is 2.06 bits per heavy atom. The SMILES string of the molecule is O=C(c1ccccc1)c1ccc(OCC(=O)N2CCN(Cc3ccc(F)cc3)CC2)cc1. The second kappa shape index (κ2) is 10.2. The van der Waals surface area contributed by atoms with E-state index in [4.69, 9.17) is 4.74 Å². The molecule has 0 saturated carbocycles. The zero-order valence-corrected chi connectivity index (χ0v) is 17.7. The number of halogens is 1. The topological polar surface area (TPSA) is 49.9 Å². The van der Waals surface area contributed by atoms with Gasteiger partial charge in [-0.15, -0.1) is 0 Å². The zero-order valence-electron chi connectivity index (χ0n) is 17.7. The van der Waals surface area contributed by atoms with Crippen LogP contribution in [0.2, 0.25) is 0 Å². The van der Waals surface area contributed by atoms with E-state index in [1.165, 1.54) is 12.1 Å². The number of carbonyl (C=O) groups is 2. The maximum absolute atomic E-state index is 13.0. The van der Waals surface area contributed by atoms with Crippen LogP contribution in [-0.2, 0) is 11.3 Å². The van der Waals surface area contributed by atoms with E-state index in [1.807, 2.05) is 18.2 Å². The first kappa shape index (κ1) is 21.7. The molecule has 1 saturated heterocycles. The first-order chi connectivity index (χ1) is 15.6. The molecule has 0 aliphatic carbocycles. The highest BCUT2D eigenvalue weighted by Crippen LogP contribution is 2.16. The maximum atomic E-state index is 13.0. The molecule has 0 radical (unpaired) electrons. The number of benzene rings is 3. The van der Waals surface area contributed by atoms with Crippen molar-refractivity contribution in [3.8, 4) is 5.75 Å². The van der Waals surface area contributed by atoms with Crippen LogP contribution in [0.1, 0.15) is 21.5 Å². The quantitative estimate of drug-likeness (QED) is 0.533. The summed E-state index contributed by atoms with van der Waals surface area (Å²) in [5, 5.41) is 0. The Kier molecular flexibility index (Phi) is 6.92. The molecule has 6 heteroatoms. The van der Waals surface area contributed by atoms with Crippen molar-refractivity contribution in [3.63, 3.8) is 0 Å². The average molecular weight is 432 g/mol. The smallest absolute Gasteiger partial charge is 0.260 e. The molecule has 1 aliphatic rings. The van der Waals surface area contributed by atoms with Gasteiger partial charge in [-0.2, -0.15) is 0 Å². The summed E-state index contributed by atoms with van der Waals surface area (Å²) in [6, 6.07) is 22.5. The van der Waals surface area contributed by atoms with Crippen molar-refractivity contribution in [3.05, 3.63) is 101 Å². The lowest BCUT2D eigenvalue weighted by Gasteiger charge is -2.34. The lowest BCUT2D eigenvalue weighted by Crippen LogP contribution is -2.49. The van der Waals surface area contributed by atoms with E-state index >= 15 is 0 Å². The van der Waals surface area contributed by atoms with Gasteiger partial charge in [-0.05, 0) is 42.0 Å². The minimum Gasteiger partial charge on any atom is -0.484 e. The van der Waals surface area contributed by atoms with Crippen molar-refractivity contribution in [2.45, 2.75) is 6.54 Å². The van der Waals surface area contributed by atoms with Gasteiger partial charge in [0.05, 0.1) is 0 Å². The molecule has 3 aromatic rings. The predicted molar refractivity (Wildman–Crippen MR) is 120 cm³/mol. The van der Waals surface area contributed by atoms with Crippen LogP contribution in [-0.4, -0.2) is 54.3 Å². The average Bonchev–Trinajstić information content (AvgIpc) is 2.85. The van der Waals surface area contributed by atoms with Gasteiger partial charge in [0.2, 0.25) is 0 Å². The lowest BCUT2D eigenvalue weighted by molar-refractivity contribution is -0.135. The first-order valence-electron chi connectivity index (χ1n) is 10.7. The molecule has 32 heavy (non-hydrogen) atoms. The molecule has 0 spiro atoms. The van der Waals surface area contributed by atoms with Crippen LogP contribution in [0.3, 0.4) is 0 Å². The van der Waals surface area contributed by atoms with Crippen LogP contribution < -0.4 is 4.74 Å². The molecule has 0 unspecified atom stereocenters. The highest BCUT2D eigenvalue weighted by molar-refractivity contribution is 6.08. The monoisotopic (exact) mass is 432 g/mol. The van der Waals surface area contributed by atoms with Gasteiger partial charge in [-0.3, -0.25) is 14.5 Å². The summed E-state index contributed by atoms with van der Waals surface area (Å²) in [6.45, 7) is 3.50. The van der Waals surface area contributed by atoms with E-state index in [1.54, 1.807) is 53.4 Å². The van der Waals surface area contributed by atoms with Gasteiger partial charge in [-0.25, -0.2) is 4.39 Å². The van der Waals surface area contributed by atoms with Gasteiger partial charge in [0, 0.05) is 43.9 Å². The summed E-state index contributed by atoms with van der Waals surface area (Å²) in [5.41, 5.74) is 2.27. The number of ketones is 1. The molecule has 1 amide bonds. The third kappa shape index (κ3) is 5.59. The Morgan fingerprint density at radius 2 is 1.41 bits per heavy atom. The zero-order chi connectivity index (χ0) is 22.3. The molecule has 164 valence electrons. The van der Waals surface area contributed by atoms with E-state index in [0.717, 1.165) is 25.2 Å². The Morgan fingerprint density at radius 1 is 0.781 bits per heavy atom. The third-order valence-electron chi connectivity index (χ3n) is 5.56. The van der Waals surface area contributed by atoms with Gasteiger partial charge in [-0.1, -0.05) is 42.5 Å². The molecule has 0 atom stereocenters. The van der Waals surface area contributed by atoms with Crippen molar-refractivity contribution in [1.29, 1.82) is 0 Å². The Bertz CT molecular complexity index is 1040. The van der Waals surface area contributed by atoms with Crippen molar-refractivity contribution >= 4 is 11.7 Å². The van der Waals surface area contributed by atoms with Crippen molar-refractivity contribution in [2.75, 3.05) is 32.8 Å². The molecule has 1 heterocycles. The number of piperazine rings is 1. The molecule has 0 aromatic heterocycles. The molecular formula is C26H25FN2O3. The second-order valence-electron chi connectivity index (χ2n) is 7.79. The van der Waals surface area contributed by atoms with E-state index in [-0.39, 0.29) is 24.1 Å². The standard InChI is InChI=1S/C26H25FN2O3/c27-23-10-6-20(7-11-23)18-28-14-16-29(17-15-28)25(30)19-32-24-12-8-22(9-13-24)26(31)21-4-2-1-3-5-21/h1-13H,14-19H2. The molecule has 0 bridgehead atoms. The predicted octanol–water partition coefficient (Wildman–Crippen LogP) is 3.78. The Hall–Kier alpha value is -3.51. The van der Waals surface area contributed by atoms with Gasteiger partial charge in [0.25, 0.3) is 5.91 Å². The van der Waals surface area contributed by atoms with Crippen LogP contribution in [0, 0.1) is 5.82 Å². The van der Waals surface area contributed by atoms with Gasteiger partial charge < -0.3 is 9.64 Å². The fraction of sp³-hybridized carbons (Fsp3) is 0.231. The number of nitrogens with zero attached hydrogens (tertiary/aromatic N) is 2. The second-order valence-corrected chi connectivity index (χ2v) is 7.79. The van der Waals surface area contributed by atoms with E-state index in [0.29, 0.717) is 30.0 Å². The van der Waals surface area contributed by atoms with Crippen LogP contribution in [0.4, 0.5) is 4.39 Å². The number of carbonyl (C=O) groups excluding carboxylic acids is 2. The van der Waals surface area contributed by atoms with Crippen LogP contribution in [0.5, 0.6) is 5.75 Å². The van der Waals surface area contributed by atoms with Crippen LogP contribution in [0.25, 0.3) is 0 Å². The van der Waals surface area contributed by atoms with Crippen molar-refractivity contribution in [2.24, 2.45) is 0 Å². The number of rotatable bonds is 7. The third-order valence-corrected chi connectivity index (χ3v) is 5.56. The Balaban J connectivity index is 1.23. The number of amides is 1. The molecule has 3 aromatic carbocycles.